The van der Waals surface area contributed by atoms with E-state index in [9.17, 15) is 27.9 Å². The van der Waals surface area contributed by atoms with Gasteiger partial charge in [0.05, 0.1) is 6.04 Å². The highest BCUT2D eigenvalue weighted by atomic mass is 19.4. The Balaban J connectivity index is 0.000000445. The maximum atomic E-state index is 12.6. The lowest BCUT2D eigenvalue weighted by molar-refractivity contribution is -0.192. The lowest BCUT2D eigenvalue weighted by atomic mass is 9.81. The van der Waals surface area contributed by atoms with Crippen molar-refractivity contribution in [3.8, 4) is 0 Å². The molecule has 27 heavy (non-hydrogen) atoms. The topological polar surface area (TPSA) is 121 Å². The molecule has 0 radical (unpaired) electrons. The number of likely N-dealkylation sites (tertiary alicyclic amines) is 1. The summed E-state index contributed by atoms with van der Waals surface area (Å²) in [5, 5.41) is 16.6. The first-order chi connectivity index (χ1) is 12.0. The number of piperidine rings is 1. The number of halogens is 3. The summed E-state index contributed by atoms with van der Waals surface area (Å²) in [5.74, 6) is -3.51. The van der Waals surface area contributed by atoms with E-state index in [1.807, 2.05) is 20.8 Å². The van der Waals surface area contributed by atoms with E-state index in [0.29, 0.717) is 12.5 Å². The molecule has 1 amide bonds. The molecule has 0 aromatic carbocycles. The minimum absolute atomic E-state index is 0.0320. The molecule has 10 heteroatoms. The molecular formula is C17H27F3N2O5. The number of alkyl halides is 3. The van der Waals surface area contributed by atoms with Crippen LogP contribution >= 0.6 is 0 Å². The van der Waals surface area contributed by atoms with Crippen LogP contribution in [0.15, 0.2) is 0 Å². The van der Waals surface area contributed by atoms with Crippen LogP contribution in [0.5, 0.6) is 0 Å². The third-order valence-electron chi connectivity index (χ3n) is 6.01. The fraction of sp³-hybridized carbons (Fsp3) is 0.824. The molecule has 2 rings (SSSR count). The number of carboxylic acid groups (broad SMARTS) is 2. The molecule has 2 aliphatic rings. The third kappa shape index (κ3) is 4.53. The van der Waals surface area contributed by atoms with Crippen molar-refractivity contribution in [3.63, 3.8) is 0 Å². The van der Waals surface area contributed by atoms with Crippen molar-refractivity contribution in [2.75, 3.05) is 6.54 Å². The van der Waals surface area contributed by atoms with Gasteiger partial charge in [0.15, 0.2) is 0 Å². The molecule has 0 bridgehead atoms. The van der Waals surface area contributed by atoms with Crippen LogP contribution in [-0.2, 0) is 14.4 Å². The van der Waals surface area contributed by atoms with Gasteiger partial charge >= 0.3 is 18.1 Å². The number of nitrogens with zero attached hydrogens (tertiary/aromatic N) is 1. The molecule has 4 atom stereocenters. The van der Waals surface area contributed by atoms with E-state index in [1.165, 1.54) is 4.90 Å². The number of hydrogen-bond donors (Lipinski definition) is 3. The molecule has 0 unspecified atom stereocenters. The second-order valence-corrected chi connectivity index (χ2v) is 8.35. The molecule has 7 nitrogen and oxygen atoms in total. The number of carbonyl (C=O) groups is 3. The highest BCUT2D eigenvalue weighted by Gasteiger charge is 2.69. The van der Waals surface area contributed by atoms with Crippen LogP contribution in [0.4, 0.5) is 13.2 Å². The fourth-order valence-corrected chi connectivity index (χ4v) is 3.53. The first-order valence-corrected chi connectivity index (χ1v) is 8.59. The van der Waals surface area contributed by atoms with E-state index >= 15 is 0 Å². The standard InChI is InChI=1S/C15H26N2O3.C2HF3O2/c1-6-14(2,3)11(16)12(18)17-7-8-9(15(8,4)5)10(17)13(19)20;3-2(4,5)1(6)7/h8-11H,6-7,16H2,1-5H3,(H,19,20);(H,6,7)/t8-,9-,10-,11+;/m0./s1. The van der Waals surface area contributed by atoms with Crippen molar-refractivity contribution in [1.29, 1.82) is 0 Å². The Morgan fingerprint density at radius 2 is 1.67 bits per heavy atom. The summed E-state index contributed by atoms with van der Waals surface area (Å²) in [5.41, 5.74) is 5.81. The van der Waals surface area contributed by atoms with Gasteiger partial charge in [-0.15, -0.1) is 0 Å². The van der Waals surface area contributed by atoms with Crippen LogP contribution in [0.3, 0.4) is 0 Å². The van der Waals surface area contributed by atoms with Gasteiger partial charge in [0, 0.05) is 12.5 Å². The molecule has 2 fully saturated rings. The molecule has 4 N–H and O–H groups in total. The van der Waals surface area contributed by atoms with E-state index in [1.54, 1.807) is 0 Å². The van der Waals surface area contributed by atoms with Crippen molar-refractivity contribution < 1.29 is 37.8 Å². The summed E-state index contributed by atoms with van der Waals surface area (Å²) in [6.07, 6.45) is -4.30. The van der Waals surface area contributed by atoms with Crippen LogP contribution in [0, 0.1) is 22.7 Å². The highest BCUT2D eigenvalue weighted by molar-refractivity contribution is 5.89. The second kappa shape index (κ2) is 7.29. The van der Waals surface area contributed by atoms with Crippen LogP contribution in [0.25, 0.3) is 0 Å². The lowest BCUT2D eigenvalue weighted by Gasteiger charge is -2.35. The molecule has 0 spiro atoms. The number of carboxylic acids is 2. The summed E-state index contributed by atoms with van der Waals surface area (Å²) < 4.78 is 31.7. The van der Waals surface area contributed by atoms with Gasteiger partial charge in [-0.3, -0.25) is 4.79 Å². The van der Waals surface area contributed by atoms with Gasteiger partial charge in [-0.2, -0.15) is 13.2 Å². The Bertz CT molecular complexity index is 618. The number of hydrogen-bond acceptors (Lipinski definition) is 4. The van der Waals surface area contributed by atoms with Gasteiger partial charge < -0.3 is 20.8 Å². The monoisotopic (exact) mass is 396 g/mol. The third-order valence-corrected chi connectivity index (χ3v) is 6.01. The predicted octanol–water partition coefficient (Wildman–Crippen LogP) is 1.95. The van der Waals surface area contributed by atoms with E-state index < -0.39 is 30.2 Å². The summed E-state index contributed by atoms with van der Waals surface area (Å²) in [6.45, 7) is 10.6. The molecule has 1 saturated heterocycles. The Morgan fingerprint density at radius 1 is 1.22 bits per heavy atom. The molecule has 0 aromatic rings. The van der Waals surface area contributed by atoms with E-state index in [-0.39, 0.29) is 22.7 Å². The van der Waals surface area contributed by atoms with Crippen LogP contribution < -0.4 is 5.73 Å². The Morgan fingerprint density at radius 3 is 2.00 bits per heavy atom. The molecule has 0 aromatic heterocycles. The van der Waals surface area contributed by atoms with Gasteiger partial charge in [0.25, 0.3) is 0 Å². The van der Waals surface area contributed by atoms with Gasteiger partial charge in [-0.1, -0.05) is 34.6 Å². The van der Waals surface area contributed by atoms with Gasteiger partial charge in [-0.05, 0) is 23.2 Å². The van der Waals surface area contributed by atoms with Crippen LogP contribution in [-0.4, -0.2) is 57.8 Å². The van der Waals surface area contributed by atoms with Crippen molar-refractivity contribution in [2.24, 2.45) is 28.4 Å². The minimum Gasteiger partial charge on any atom is -0.480 e. The first kappa shape index (κ1) is 23.2. The SMILES string of the molecule is CCC(C)(C)[C@H](N)C(=O)N1C[C@H]2[C@@H]([C@H]1C(=O)O)C2(C)C.O=C(O)C(F)(F)F. The summed E-state index contributed by atoms with van der Waals surface area (Å²) in [4.78, 5) is 34.5. The average molecular weight is 396 g/mol. The molecule has 1 heterocycles. The average Bonchev–Trinajstić information content (AvgIpc) is 2.88. The first-order valence-electron chi connectivity index (χ1n) is 8.59. The molecule has 156 valence electrons. The molecule has 1 aliphatic heterocycles. The summed E-state index contributed by atoms with van der Waals surface area (Å²) in [6, 6.07) is -1.35. The largest absolute Gasteiger partial charge is 0.490 e. The van der Waals surface area contributed by atoms with Crippen LogP contribution in [0.2, 0.25) is 0 Å². The lowest BCUT2D eigenvalue weighted by Crippen LogP contribution is -2.55. The zero-order chi connectivity index (χ0) is 21.5. The Labute approximate surface area is 155 Å². The number of aliphatic carboxylic acids is 2. The smallest absolute Gasteiger partial charge is 0.480 e. The quantitative estimate of drug-likeness (QED) is 0.668. The number of amides is 1. The van der Waals surface area contributed by atoms with Crippen LogP contribution in [0.1, 0.15) is 41.0 Å². The molecule has 1 saturated carbocycles. The number of nitrogens with two attached hydrogens (primary N) is 1. The summed E-state index contributed by atoms with van der Waals surface area (Å²) >= 11 is 0. The number of rotatable bonds is 4. The predicted molar refractivity (Wildman–Crippen MR) is 89.6 cm³/mol. The summed E-state index contributed by atoms with van der Waals surface area (Å²) in [7, 11) is 0. The Hall–Kier alpha value is -1.84. The fourth-order valence-electron chi connectivity index (χ4n) is 3.53. The number of fused-ring (bicyclic) bond motifs is 1. The van der Waals surface area contributed by atoms with Gasteiger partial charge in [0.2, 0.25) is 5.91 Å². The molecular weight excluding hydrogens is 369 g/mol. The van der Waals surface area contributed by atoms with E-state index in [0.717, 1.165) is 6.42 Å². The maximum Gasteiger partial charge on any atom is 0.490 e. The maximum absolute atomic E-state index is 12.6. The van der Waals surface area contributed by atoms with E-state index in [2.05, 4.69) is 13.8 Å². The van der Waals surface area contributed by atoms with Crippen molar-refractivity contribution in [2.45, 2.75) is 59.3 Å². The zero-order valence-corrected chi connectivity index (χ0v) is 16.0. The zero-order valence-electron chi connectivity index (χ0n) is 16.0. The normalized spacial score (nSPS) is 27.1. The molecule has 1 aliphatic carbocycles. The van der Waals surface area contributed by atoms with Crippen molar-refractivity contribution in [1.82, 2.24) is 4.90 Å². The number of carbonyl (C=O) groups excluding carboxylic acids is 1. The second-order valence-electron chi connectivity index (χ2n) is 8.35. The van der Waals surface area contributed by atoms with Crippen molar-refractivity contribution in [3.05, 3.63) is 0 Å². The van der Waals surface area contributed by atoms with Gasteiger partial charge in [0.1, 0.15) is 6.04 Å². The van der Waals surface area contributed by atoms with Crippen molar-refractivity contribution >= 4 is 17.8 Å². The van der Waals surface area contributed by atoms with E-state index in [4.69, 9.17) is 15.6 Å². The minimum atomic E-state index is -5.08. The Kier molecular flexibility index (Phi) is 6.26. The van der Waals surface area contributed by atoms with Gasteiger partial charge in [-0.25, -0.2) is 9.59 Å². The highest BCUT2D eigenvalue weighted by Crippen LogP contribution is 2.64.